The SMILES string of the molecule is CCOC(=O)c1ccc(NC(=O)c2cc3c(c(OC)c2)CCN3)cc1F. The molecule has 1 aliphatic rings. The molecule has 0 bridgehead atoms. The Bertz CT molecular complexity index is 867. The summed E-state index contributed by atoms with van der Waals surface area (Å²) in [6.45, 7) is 2.59. The minimum Gasteiger partial charge on any atom is -0.496 e. The van der Waals surface area contributed by atoms with E-state index < -0.39 is 17.7 Å². The van der Waals surface area contributed by atoms with Crippen molar-refractivity contribution in [2.45, 2.75) is 13.3 Å². The third-order valence-corrected chi connectivity index (χ3v) is 4.10. The van der Waals surface area contributed by atoms with Gasteiger partial charge in [0.25, 0.3) is 5.91 Å². The predicted octanol–water partition coefficient (Wildman–Crippen LogP) is 3.23. The number of fused-ring (bicyclic) bond motifs is 1. The topological polar surface area (TPSA) is 76.7 Å². The third-order valence-electron chi connectivity index (χ3n) is 4.10. The van der Waals surface area contributed by atoms with Gasteiger partial charge >= 0.3 is 5.97 Å². The lowest BCUT2D eigenvalue weighted by atomic mass is 10.1. The maximum absolute atomic E-state index is 14.1. The van der Waals surface area contributed by atoms with E-state index in [-0.39, 0.29) is 17.9 Å². The zero-order valence-electron chi connectivity index (χ0n) is 14.5. The molecule has 0 unspecified atom stereocenters. The van der Waals surface area contributed by atoms with Crippen molar-refractivity contribution in [2.75, 3.05) is 30.9 Å². The Balaban J connectivity index is 1.80. The molecule has 26 heavy (non-hydrogen) atoms. The number of hydrogen-bond donors (Lipinski definition) is 2. The number of ether oxygens (including phenoxy) is 2. The molecule has 0 atom stereocenters. The highest BCUT2D eigenvalue weighted by Crippen LogP contribution is 2.33. The molecule has 0 spiro atoms. The average molecular weight is 358 g/mol. The van der Waals surface area contributed by atoms with Crippen LogP contribution in [-0.2, 0) is 11.2 Å². The number of carbonyl (C=O) groups is 2. The fraction of sp³-hybridized carbons (Fsp3) is 0.263. The van der Waals surface area contributed by atoms with Crippen molar-refractivity contribution >= 4 is 23.3 Å². The third kappa shape index (κ3) is 3.46. The first-order valence-corrected chi connectivity index (χ1v) is 8.26. The minimum absolute atomic E-state index is 0.158. The molecular weight excluding hydrogens is 339 g/mol. The van der Waals surface area contributed by atoms with Gasteiger partial charge in [-0.05, 0) is 43.7 Å². The first kappa shape index (κ1) is 17.7. The second-order valence-electron chi connectivity index (χ2n) is 5.75. The summed E-state index contributed by atoms with van der Waals surface area (Å²) in [5, 5.41) is 5.83. The molecule has 2 N–H and O–H groups in total. The minimum atomic E-state index is -0.755. The number of amides is 1. The number of halogens is 1. The van der Waals surface area contributed by atoms with Crippen LogP contribution < -0.4 is 15.4 Å². The first-order valence-electron chi connectivity index (χ1n) is 8.26. The van der Waals surface area contributed by atoms with Crippen molar-refractivity contribution in [3.8, 4) is 5.75 Å². The Morgan fingerprint density at radius 1 is 1.27 bits per heavy atom. The van der Waals surface area contributed by atoms with Gasteiger partial charge in [0, 0.05) is 29.0 Å². The quantitative estimate of drug-likeness (QED) is 0.803. The van der Waals surface area contributed by atoms with E-state index in [1.54, 1.807) is 26.2 Å². The van der Waals surface area contributed by atoms with E-state index in [1.807, 2.05) is 0 Å². The van der Waals surface area contributed by atoms with Crippen LogP contribution in [-0.4, -0.2) is 32.1 Å². The number of methoxy groups -OCH3 is 1. The Hall–Kier alpha value is -3.09. The van der Waals surface area contributed by atoms with Gasteiger partial charge in [-0.3, -0.25) is 4.79 Å². The molecule has 0 aliphatic carbocycles. The summed E-state index contributed by atoms with van der Waals surface area (Å²) in [7, 11) is 1.55. The standard InChI is InChI=1S/C19H19FN2O4/c1-3-26-19(24)13-5-4-12(10-15(13)20)22-18(23)11-8-16-14(6-7-21-16)17(9-11)25-2/h4-5,8-10,21H,3,6-7H2,1-2H3,(H,22,23). The summed E-state index contributed by atoms with van der Waals surface area (Å²) in [5.74, 6) is -1.25. The van der Waals surface area contributed by atoms with E-state index in [0.29, 0.717) is 11.3 Å². The Morgan fingerprint density at radius 3 is 2.77 bits per heavy atom. The van der Waals surface area contributed by atoms with Crippen molar-refractivity contribution in [3.05, 3.63) is 52.8 Å². The molecule has 6 nitrogen and oxygen atoms in total. The van der Waals surface area contributed by atoms with Gasteiger partial charge < -0.3 is 20.1 Å². The predicted molar refractivity (Wildman–Crippen MR) is 95.5 cm³/mol. The van der Waals surface area contributed by atoms with Crippen LogP contribution in [0.2, 0.25) is 0 Å². The Kier molecular flexibility index (Phi) is 5.06. The number of nitrogens with one attached hydrogen (secondary N) is 2. The van der Waals surface area contributed by atoms with E-state index in [0.717, 1.165) is 30.3 Å². The smallest absolute Gasteiger partial charge is 0.341 e. The number of rotatable bonds is 5. The van der Waals surface area contributed by atoms with E-state index >= 15 is 0 Å². The average Bonchev–Trinajstić information content (AvgIpc) is 3.09. The van der Waals surface area contributed by atoms with Gasteiger partial charge in [-0.15, -0.1) is 0 Å². The molecule has 2 aromatic rings. The van der Waals surface area contributed by atoms with Crippen LogP contribution in [0.3, 0.4) is 0 Å². The van der Waals surface area contributed by atoms with Crippen molar-refractivity contribution in [3.63, 3.8) is 0 Å². The normalized spacial score (nSPS) is 12.1. The monoisotopic (exact) mass is 358 g/mol. The molecule has 1 amide bonds. The van der Waals surface area contributed by atoms with Crippen molar-refractivity contribution in [1.29, 1.82) is 0 Å². The molecule has 3 rings (SSSR count). The summed E-state index contributed by atoms with van der Waals surface area (Å²) in [5.41, 5.74) is 2.36. The highest BCUT2D eigenvalue weighted by molar-refractivity contribution is 6.05. The van der Waals surface area contributed by atoms with Gasteiger partial charge in [-0.2, -0.15) is 0 Å². The highest BCUT2D eigenvalue weighted by Gasteiger charge is 2.20. The van der Waals surface area contributed by atoms with E-state index in [9.17, 15) is 14.0 Å². The van der Waals surface area contributed by atoms with Gasteiger partial charge in [0.05, 0.1) is 19.3 Å². The van der Waals surface area contributed by atoms with Crippen LogP contribution >= 0.6 is 0 Å². The lowest BCUT2D eigenvalue weighted by Crippen LogP contribution is -2.14. The molecule has 2 aromatic carbocycles. The van der Waals surface area contributed by atoms with Crippen LogP contribution in [0.5, 0.6) is 5.75 Å². The van der Waals surface area contributed by atoms with E-state index in [4.69, 9.17) is 9.47 Å². The van der Waals surface area contributed by atoms with Gasteiger partial charge in [0.2, 0.25) is 0 Å². The van der Waals surface area contributed by atoms with Crippen LogP contribution in [0.4, 0.5) is 15.8 Å². The zero-order chi connectivity index (χ0) is 18.7. The molecule has 0 fully saturated rings. The van der Waals surface area contributed by atoms with Crippen molar-refractivity contribution < 1.29 is 23.5 Å². The maximum atomic E-state index is 14.1. The second-order valence-corrected chi connectivity index (χ2v) is 5.75. The molecule has 0 saturated carbocycles. The number of carbonyl (C=O) groups excluding carboxylic acids is 2. The highest BCUT2D eigenvalue weighted by atomic mass is 19.1. The fourth-order valence-corrected chi connectivity index (χ4v) is 2.87. The molecule has 0 radical (unpaired) electrons. The maximum Gasteiger partial charge on any atom is 0.341 e. The summed E-state index contributed by atoms with van der Waals surface area (Å²) in [4.78, 5) is 24.1. The number of benzene rings is 2. The summed E-state index contributed by atoms with van der Waals surface area (Å²) in [6.07, 6.45) is 0.834. The summed E-state index contributed by atoms with van der Waals surface area (Å²) >= 11 is 0. The number of esters is 1. The molecular formula is C19H19FN2O4. The molecule has 0 saturated heterocycles. The van der Waals surface area contributed by atoms with Crippen molar-refractivity contribution in [1.82, 2.24) is 0 Å². The van der Waals surface area contributed by atoms with Gasteiger partial charge in [-0.25, -0.2) is 9.18 Å². The van der Waals surface area contributed by atoms with Crippen LogP contribution in [0.15, 0.2) is 30.3 Å². The Labute approximate surface area is 150 Å². The molecule has 136 valence electrons. The summed E-state index contributed by atoms with van der Waals surface area (Å²) in [6, 6.07) is 7.23. The van der Waals surface area contributed by atoms with Crippen LogP contribution in [0.1, 0.15) is 33.2 Å². The van der Waals surface area contributed by atoms with E-state index in [1.165, 1.54) is 12.1 Å². The first-order chi connectivity index (χ1) is 12.5. The number of anilines is 2. The van der Waals surface area contributed by atoms with Gasteiger partial charge in [0.15, 0.2) is 0 Å². The van der Waals surface area contributed by atoms with E-state index in [2.05, 4.69) is 10.6 Å². The van der Waals surface area contributed by atoms with Crippen LogP contribution in [0.25, 0.3) is 0 Å². The largest absolute Gasteiger partial charge is 0.496 e. The number of hydrogen-bond acceptors (Lipinski definition) is 5. The molecule has 0 aromatic heterocycles. The second kappa shape index (κ2) is 7.43. The molecule has 7 heteroatoms. The fourth-order valence-electron chi connectivity index (χ4n) is 2.87. The van der Waals surface area contributed by atoms with Gasteiger partial charge in [0.1, 0.15) is 11.6 Å². The van der Waals surface area contributed by atoms with Crippen molar-refractivity contribution in [2.24, 2.45) is 0 Å². The lowest BCUT2D eigenvalue weighted by Gasteiger charge is -2.11. The summed E-state index contributed by atoms with van der Waals surface area (Å²) < 4.78 is 24.2. The molecule has 1 heterocycles. The zero-order valence-corrected chi connectivity index (χ0v) is 14.5. The lowest BCUT2D eigenvalue weighted by molar-refractivity contribution is 0.0521. The molecule has 1 aliphatic heterocycles. The van der Waals surface area contributed by atoms with Crippen LogP contribution in [0, 0.1) is 5.82 Å². The van der Waals surface area contributed by atoms with Gasteiger partial charge in [-0.1, -0.05) is 0 Å². The Morgan fingerprint density at radius 2 is 2.08 bits per heavy atom.